The normalized spacial score (nSPS) is 25.5. The predicted molar refractivity (Wildman–Crippen MR) is 96.1 cm³/mol. The van der Waals surface area contributed by atoms with E-state index in [0.717, 1.165) is 57.2 Å². The Morgan fingerprint density at radius 3 is 2.96 bits per heavy atom. The largest absolute Gasteiger partial charge is 0.376 e. The maximum atomic E-state index is 11.9. The molecule has 0 aromatic carbocycles. The molecule has 2 unspecified atom stereocenters. The lowest BCUT2D eigenvalue weighted by Gasteiger charge is -2.34. The number of hydrogen-bond acceptors (Lipinski definition) is 4. The van der Waals surface area contributed by atoms with Gasteiger partial charge in [-0.2, -0.15) is 11.8 Å². The van der Waals surface area contributed by atoms with Crippen molar-refractivity contribution in [2.75, 3.05) is 52.6 Å². The van der Waals surface area contributed by atoms with Crippen LogP contribution in [-0.4, -0.2) is 85.7 Å². The summed E-state index contributed by atoms with van der Waals surface area (Å²) in [5, 5.41) is 4.08. The van der Waals surface area contributed by atoms with E-state index in [0.29, 0.717) is 5.25 Å². The number of guanidine groups is 1. The van der Waals surface area contributed by atoms with Crippen molar-refractivity contribution in [3.8, 4) is 0 Å². The second kappa shape index (κ2) is 9.37. The molecule has 1 N–H and O–H groups in total. The van der Waals surface area contributed by atoms with Crippen LogP contribution in [-0.2, 0) is 9.53 Å². The van der Waals surface area contributed by atoms with E-state index in [-0.39, 0.29) is 18.6 Å². The number of nitrogens with zero attached hydrogens (tertiary/aromatic N) is 3. The molecule has 2 aliphatic rings. The van der Waals surface area contributed by atoms with E-state index < -0.39 is 0 Å². The molecule has 0 bridgehead atoms. The quantitative estimate of drug-likeness (QED) is 0.597. The molecule has 2 aliphatic heterocycles. The third-order valence-electron chi connectivity index (χ3n) is 4.27. The third kappa shape index (κ3) is 5.88. The Morgan fingerprint density at radius 2 is 2.30 bits per heavy atom. The van der Waals surface area contributed by atoms with E-state index in [1.807, 2.05) is 11.8 Å². The lowest BCUT2D eigenvalue weighted by atomic mass is 10.2. The number of nitrogens with one attached hydrogen (secondary N) is 1. The Kier molecular flexibility index (Phi) is 7.49. The van der Waals surface area contributed by atoms with Crippen LogP contribution in [0.1, 0.15) is 26.2 Å². The van der Waals surface area contributed by atoms with Crippen molar-refractivity contribution in [3.05, 3.63) is 0 Å². The average Bonchev–Trinajstić information content (AvgIpc) is 3.08. The van der Waals surface area contributed by atoms with E-state index in [1.165, 1.54) is 0 Å². The molecule has 0 saturated carbocycles. The summed E-state index contributed by atoms with van der Waals surface area (Å²) in [4.78, 5) is 20.3. The topological polar surface area (TPSA) is 57.2 Å². The summed E-state index contributed by atoms with van der Waals surface area (Å²) < 4.78 is 5.68. The molecule has 0 aromatic rings. The second-order valence-electron chi connectivity index (χ2n) is 6.29. The van der Waals surface area contributed by atoms with Crippen molar-refractivity contribution in [1.82, 2.24) is 15.1 Å². The zero-order valence-corrected chi connectivity index (χ0v) is 15.4. The zero-order chi connectivity index (χ0) is 16.7. The van der Waals surface area contributed by atoms with Gasteiger partial charge in [0.25, 0.3) is 0 Å². The fourth-order valence-electron chi connectivity index (χ4n) is 2.72. The van der Waals surface area contributed by atoms with Gasteiger partial charge in [-0.3, -0.25) is 4.79 Å². The van der Waals surface area contributed by atoms with Gasteiger partial charge in [-0.25, -0.2) is 4.99 Å². The Labute approximate surface area is 144 Å². The number of amides is 1. The van der Waals surface area contributed by atoms with Crippen molar-refractivity contribution in [1.29, 1.82) is 0 Å². The smallest absolute Gasteiger partial charge is 0.243 e. The molecule has 23 heavy (non-hydrogen) atoms. The first-order valence-corrected chi connectivity index (χ1v) is 9.61. The zero-order valence-electron chi connectivity index (χ0n) is 14.6. The number of rotatable bonds is 5. The van der Waals surface area contributed by atoms with Crippen LogP contribution < -0.4 is 5.32 Å². The molecule has 0 aromatic heterocycles. The van der Waals surface area contributed by atoms with E-state index in [9.17, 15) is 4.79 Å². The van der Waals surface area contributed by atoms with Crippen LogP contribution in [0.3, 0.4) is 0 Å². The summed E-state index contributed by atoms with van der Waals surface area (Å²) >= 11 is 2.03. The number of likely N-dealkylation sites (N-methyl/N-ethyl adjacent to an activating group) is 1. The van der Waals surface area contributed by atoms with Gasteiger partial charge in [0.05, 0.1) is 6.10 Å². The number of thioether (sulfide) groups is 1. The van der Waals surface area contributed by atoms with Gasteiger partial charge in [0, 0.05) is 51.3 Å². The molecule has 132 valence electrons. The van der Waals surface area contributed by atoms with Gasteiger partial charge in [0.15, 0.2) is 5.96 Å². The first kappa shape index (κ1) is 18.4. The summed E-state index contributed by atoms with van der Waals surface area (Å²) in [6.45, 7) is 6.03. The maximum Gasteiger partial charge on any atom is 0.243 e. The van der Waals surface area contributed by atoms with Gasteiger partial charge in [-0.1, -0.05) is 6.92 Å². The Balaban J connectivity index is 1.97. The molecule has 2 atom stereocenters. The van der Waals surface area contributed by atoms with Gasteiger partial charge in [0.1, 0.15) is 6.54 Å². The minimum atomic E-state index is 0.0276. The number of carbonyl (C=O) groups excluding carboxylic acids is 1. The highest BCUT2D eigenvalue weighted by atomic mass is 32.2. The Morgan fingerprint density at radius 1 is 1.48 bits per heavy atom. The standard InChI is InChI=1S/C16H30N4O2S/c1-4-14-12-20(7-9-23-14)16(18-11-15(21)19(2)3)17-10-13-6-5-8-22-13/h13-14H,4-12H2,1-3H3,(H,17,18). The molecule has 0 spiro atoms. The van der Waals surface area contributed by atoms with Crippen molar-refractivity contribution in [2.45, 2.75) is 37.5 Å². The van der Waals surface area contributed by atoms with Gasteiger partial charge < -0.3 is 19.9 Å². The van der Waals surface area contributed by atoms with Gasteiger partial charge in [-0.15, -0.1) is 0 Å². The van der Waals surface area contributed by atoms with E-state index in [4.69, 9.17) is 4.74 Å². The molecule has 2 heterocycles. The SMILES string of the molecule is CCC1CN(C(=NCC(=O)N(C)C)NCC2CCCO2)CCS1. The van der Waals surface area contributed by atoms with Crippen molar-refractivity contribution < 1.29 is 9.53 Å². The molecular formula is C16H30N4O2S. The van der Waals surface area contributed by atoms with E-state index >= 15 is 0 Å². The summed E-state index contributed by atoms with van der Waals surface area (Å²) in [6, 6.07) is 0. The number of hydrogen-bond donors (Lipinski definition) is 1. The van der Waals surface area contributed by atoms with Crippen LogP contribution in [0, 0.1) is 0 Å². The van der Waals surface area contributed by atoms with Crippen LogP contribution in [0.5, 0.6) is 0 Å². The summed E-state index contributed by atoms with van der Waals surface area (Å²) in [7, 11) is 3.53. The number of aliphatic imine (C=N–C) groups is 1. The van der Waals surface area contributed by atoms with Crippen molar-refractivity contribution in [3.63, 3.8) is 0 Å². The number of carbonyl (C=O) groups is 1. The Hall–Kier alpha value is -0.950. The highest BCUT2D eigenvalue weighted by Gasteiger charge is 2.23. The van der Waals surface area contributed by atoms with Gasteiger partial charge >= 0.3 is 0 Å². The molecule has 6 nitrogen and oxygen atoms in total. The Bertz CT molecular complexity index is 411. The lowest BCUT2D eigenvalue weighted by molar-refractivity contribution is -0.127. The average molecular weight is 343 g/mol. The fraction of sp³-hybridized carbons (Fsp3) is 0.875. The first-order valence-electron chi connectivity index (χ1n) is 8.56. The van der Waals surface area contributed by atoms with Crippen molar-refractivity contribution in [2.24, 2.45) is 4.99 Å². The van der Waals surface area contributed by atoms with E-state index in [2.05, 4.69) is 22.1 Å². The second-order valence-corrected chi connectivity index (χ2v) is 7.70. The summed E-state index contributed by atoms with van der Waals surface area (Å²) in [5.74, 6) is 2.00. The lowest BCUT2D eigenvalue weighted by Crippen LogP contribution is -2.49. The molecular weight excluding hydrogens is 312 g/mol. The van der Waals surface area contributed by atoms with Crippen molar-refractivity contribution >= 4 is 23.6 Å². The molecule has 7 heteroatoms. The molecule has 2 fully saturated rings. The molecule has 0 radical (unpaired) electrons. The van der Waals surface area contributed by atoms with E-state index in [1.54, 1.807) is 19.0 Å². The predicted octanol–water partition coefficient (Wildman–Crippen LogP) is 1.03. The highest BCUT2D eigenvalue weighted by molar-refractivity contribution is 8.00. The van der Waals surface area contributed by atoms with Crippen LogP contribution in [0.2, 0.25) is 0 Å². The summed E-state index contributed by atoms with van der Waals surface area (Å²) in [5.41, 5.74) is 0. The van der Waals surface area contributed by atoms with Crippen LogP contribution in [0.25, 0.3) is 0 Å². The number of ether oxygens (including phenoxy) is 1. The molecule has 0 aliphatic carbocycles. The van der Waals surface area contributed by atoms with Crippen LogP contribution in [0.15, 0.2) is 4.99 Å². The fourth-order valence-corrected chi connectivity index (χ4v) is 3.90. The van der Waals surface area contributed by atoms with Gasteiger partial charge in [-0.05, 0) is 19.3 Å². The third-order valence-corrected chi connectivity index (χ3v) is 5.64. The highest BCUT2D eigenvalue weighted by Crippen LogP contribution is 2.21. The monoisotopic (exact) mass is 342 g/mol. The minimum absolute atomic E-state index is 0.0276. The first-order chi connectivity index (χ1) is 11.1. The summed E-state index contributed by atoms with van der Waals surface area (Å²) in [6.07, 6.45) is 3.67. The van der Waals surface area contributed by atoms with Crippen LogP contribution in [0.4, 0.5) is 0 Å². The maximum absolute atomic E-state index is 11.9. The van der Waals surface area contributed by atoms with Gasteiger partial charge in [0.2, 0.25) is 5.91 Å². The minimum Gasteiger partial charge on any atom is -0.376 e. The molecule has 1 amide bonds. The van der Waals surface area contributed by atoms with Crippen LogP contribution >= 0.6 is 11.8 Å². The molecule has 2 rings (SSSR count). The molecule has 2 saturated heterocycles.